The van der Waals surface area contributed by atoms with E-state index < -0.39 is 0 Å². The van der Waals surface area contributed by atoms with Gasteiger partial charge in [0.05, 0.1) is 0 Å². The quantitative estimate of drug-likeness (QED) is 0.824. The molecule has 1 aromatic carbocycles. The molecule has 0 saturated heterocycles. The molecule has 1 rings (SSSR count). The van der Waals surface area contributed by atoms with Crippen molar-refractivity contribution < 1.29 is 9.59 Å². The molecule has 0 heterocycles. The third kappa shape index (κ3) is 5.15. The average molecular weight is 234 g/mol. The van der Waals surface area contributed by atoms with Gasteiger partial charge in [-0.05, 0) is 18.1 Å². The summed E-state index contributed by atoms with van der Waals surface area (Å²) in [5, 5.41) is 5.51. The van der Waals surface area contributed by atoms with Crippen molar-refractivity contribution >= 4 is 11.8 Å². The zero-order valence-electron chi connectivity index (χ0n) is 10.5. The van der Waals surface area contributed by atoms with E-state index in [0.29, 0.717) is 13.1 Å². The van der Waals surface area contributed by atoms with E-state index in [4.69, 9.17) is 0 Å². The fraction of sp³-hybridized carbons (Fsp3) is 0.385. The molecule has 0 radical (unpaired) electrons. The molecule has 0 fully saturated rings. The van der Waals surface area contributed by atoms with Gasteiger partial charge in [-0.3, -0.25) is 9.59 Å². The Balaban J connectivity index is 2.71. The number of nitrogens with one attached hydrogen (secondary N) is 2. The monoisotopic (exact) mass is 234 g/mol. The highest BCUT2D eigenvalue weighted by Gasteiger charge is 2.01. The first-order valence-corrected chi connectivity index (χ1v) is 5.55. The molecule has 2 amide bonds. The highest BCUT2D eigenvalue weighted by atomic mass is 16.1. The summed E-state index contributed by atoms with van der Waals surface area (Å²) in [5.74, 6) is -0.0927. The summed E-state index contributed by atoms with van der Waals surface area (Å²) in [5.41, 5.74) is 3.20. The summed E-state index contributed by atoms with van der Waals surface area (Å²) < 4.78 is 0. The van der Waals surface area contributed by atoms with Crippen molar-refractivity contribution in [3.05, 3.63) is 34.9 Å². The maximum atomic E-state index is 10.8. The highest BCUT2D eigenvalue weighted by molar-refractivity contribution is 5.73. The van der Waals surface area contributed by atoms with Crippen LogP contribution in [0.3, 0.4) is 0 Å². The van der Waals surface area contributed by atoms with E-state index >= 15 is 0 Å². The number of benzene rings is 1. The lowest BCUT2D eigenvalue weighted by atomic mass is 10.1. The second kappa shape index (κ2) is 6.03. The molecule has 4 nitrogen and oxygen atoms in total. The molecular formula is C13H18N2O2. The van der Waals surface area contributed by atoms with Gasteiger partial charge in [-0.15, -0.1) is 0 Å². The standard InChI is InChI=1S/C13H18N2O2/c1-9-4-12(7-14-10(2)16)6-13(5-9)8-15-11(3)17/h4-6H,7-8H2,1-3H3,(H,14,16)(H,15,17). The van der Waals surface area contributed by atoms with Gasteiger partial charge in [0.15, 0.2) is 0 Å². The van der Waals surface area contributed by atoms with Crippen LogP contribution in [-0.2, 0) is 22.7 Å². The minimum Gasteiger partial charge on any atom is -0.352 e. The van der Waals surface area contributed by atoms with Gasteiger partial charge in [-0.25, -0.2) is 0 Å². The van der Waals surface area contributed by atoms with Gasteiger partial charge in [-0.2, -0.15) is 0 Å². The molecule has 0 bridgehead atoms. The second-order valence-electron chi connectivity index (χ2n) is 4.15. The molecule has 0 aliphatic rings. The summed E-state index contributed by atoms with van der Waals surface area (Å²) >= 11 is 0. The lowest BCUT2D eigenvalue weighted by Gasteiger charge is -2.08. The minimum absolute atomic E-state index is 0.0464. The molecule has 0 atom stereocenters. The maximum Gasteiger partial charge on any atom is 0.217 e. The molecule has 0 spiro atoms. The zero-order chi connectivity index (χ0) is 12.8. The number of hydrogen-bond donors (Lipinski definition) is 2. The zero-order valence-corrected chi connectivity index (χ0v) is 10.5. The van der Waals surface area contributed by atoms with Gasteiger partial charge in [0.1, 0.15) is 0 Å². The molecule has 0 saturated carbocycles. The van der Waals surface area contributed by atoms with Crippen molar-refractivity contribution in [2.75, 3.05) is 0 Å². The summed E-state index contributed by atoms with van der Waals surface area (Å²) in [6.45, 7) is 6.02. The number of hydrogen-bond acceptors (Lipinski definition) is 2. The van der Waals surface area contributed by atoms with Crippen LogP contribution in [0.25, 0.3) is 0 Å². The van der Waals surface area contributed by atoms with Crippen molar-refractivity contribution in [2.24, 2.45) is 0 Å². The van der Waals surface area contributed by atoms with Crippen LogP contribution in [0.2, 0.25) is 0 Å². The van der Waals surface area contributed by atoms with Gasteiger partial charge in [-0.1, -0.05) is 23.8 Å². The van der Waals surface area contributed by atoms with Crippen molar-refractivity contribution in [1.29, 1.82) is 0 Å². The molecule has 0 aromatic heterocycles. The fourth-order valence-electron chi connectivity index (χ4n) is 1.61. The first kappa shape index (κ1) is 13.2. The SMILES string of the molecule is CC(=O)NCc1cc(C)cc(CNC(C)=O)c1. The Morgan fingerprint density at radius 3 is 1.71 bits per heavy atom. The van der Waals surface area contributed by atoms with Crippen LogP contribution in [0.1, 0.15) is 30.5 Å². The lowest BCUT2D eigenvalue weighted by Crippen LogP contribution is -2.20. The molecule has 0 aliphatic heterocycles. The van der Waals surface area contributed by atoms with E-state index in [1.165, 1.54) is 13.8 Å². The first-order chi connectivity index (χ1) is 7.97. The van der Waals surface area contributed by atoms with Crippen molar-refractivity contribution in [3.8, 4) is 0 Å². The average Bonchev–Trinajstić information content (AvgIpc) is 2.23. The Morgan fingerprint density at radius 2 is 1.35 bits per heavy atom. The van der Waals surface area contributed by atoms with E-state index in [9.17, 15) is 9.59 Å². The van der Waals surface area contributed by atoms with Crippen LogP contribution in [0.4, 0.5) is 0 Å². The smallest absolute Gasteiger partial charge is 0.217 e. The van der Waals surface area contributed by atoms with Gasteiger partial charge >= 0.3 is 0 Å². The molecule has 4 heteroatoms. The topological polar surface area (TPSA) is 58.2 Å². The summed E-state index contributed by atoms with van der Waals surface area (Å²) in [4.78, 5) is 21.7. The Morgan fingerprint density at radius 1 is 0.941 bits per heavy atom. The van der Waals surface area contributed by atoms with E-state index in [2.05, 4.69) is 10.6 Å². The van der Waals surface area contributed by atoms with Gasteiger partial charge in [0.25, 0.3) is 0 Å². The van der Waals surface area contributed by atoms with Crippen molar-refractivity contribution in [3.63, 3.8) is 0 Å². The largest absolute Gasteiger partial charge is 0.352 e. The predicted molar refractivity (Wildman–Crippen MR) is 66.2 cm³/mol. The van der Waals surface area contributed by atoms with Crippen molar-refractivity contribution in [1.82, 2.24) is 10.6 Å². The van der Waals surface area contributed by atoms with Crippen LogP contribution in [0.15, 0.2) is 18.2 Å². The van der Waals surface area contributed by atoms with Crippen LogP contribution in [0.5, 0.6) is 0 Å². The Labute approximate surface area is 101 Å². The maximum absolute atomic E-state index is 10.8. The number of rotatable bonds is 4. The van der Waals surface area contributed by atoms with Gasteiger partial charge in [0.2, 0.25) is 11.8 Å². The Kier molecular flexibility index (Phi) is 4.69. The van der Waals surface area contributed by atoms with E-state index in [-0.39, 0.29) is 11.8 Å². The summed E-state index contributed by atoms with van der Waals surface area (Å²) in [6.07, 6.45) is 0. The molecule has 0 unspecified atom stereocenters. The molecule has 1 aromatic rings. The summed E-state index contributed by atoms with van der Waals surface area (Å²) in [6, 6.07) is 6.03. The van der Waals surface area contributed by atoms with Crippen LogP contribution in [0, 0.1) is 6.92 Å². The van der Waals surface area contributed by atoms with Crippen LogP contribution < -0.4 is 10.6 Å². The molecular weight excluding hydrogens is 216 g/mol. The van der Waals surface area contributed by atoms with Gasteiger partial charge in [0, 0.05) is 26.9 Å². The Bertz CT molecular complexity index is 391. The van der Waals surface area contributed by atoms with E-state index in [0.717, 1.165) is 16.7 Å². The molecule has 92 valence electrons. The minimum atomic E-state index is -0.0464. The van der Waals surface area contributed by atoms with Crippen LogP contribution >= 0.6 is 0 Å². The second-order valence-corrected chi connectivity index (χ2v) is 4.15. The fourth-order valence-corrected chi connectivity index (χ4v) is 1.61. The summed E-state index contributed by atoms with van der Waals surface area (Å²) in [7, 11) is 0. The van der Waals surface area contributed by atoms with Gasteiger partial charge < -0.3 is 10.6 Å². The molecule has 17 heavy (non-hydrogen) atoms. The Hall–Kier alpha value is -1.84. The highest BCUT2D eigenvalue weighted by Crippen LogP contribution is 2.09. The lowest BCUT2D eigenvalue weighted by molar-refractivity contribution is -0.119. The van der Waals surface area contributed by atoms with E-state index in [1.807, 2.05) is 25.1 Å². The number of aryl methyl sites for hydroxylation is 1. The predicted octanol–water partition coefficient (Wildman–Crippen LogP) is 1.27. The van der Waals surface area contributed by atoms with Crippen LogP contribution in [-0.4, -0.2) is 11.8 Å². The van der Waals surface area contributed by atoms with E-state index in [1.54, 1.807) is 0 Å². The third-order valence-corrected chi connectivity index (χ3v) is 2.28. The number of carbonyl (C=O) groups is 2. The first-order valence-electron chi connectivity index (χ1n) is 5.55. The van der Waals surface area contributed by atoms with Crippen molar-refractivity contribution in [2.45, 2.75) is 33.9 Å². The third-order valence-electron chi connectivity index (χ3n) is 2.28. The number of amides is 2. The molecule has 2 N–H and O–H groups in total. The molecule has 0 aliphatic carbocycles. The number of carbonyl (C=O) groups excluding carboxylic acids is 2. The normalized spacial score (nSPS) is 9.82.